The average Bonchev–Trinajstić information content (AvgIpc) is 2.87. The predicted octanol–water partition coefficient (Wildman–Crippen LogP) is 4.21. The van der Waals surface area contributed by atoms with Gasteiger partial charge in [0.05, 0.1) is 18.3 Å². The van der Waals surface area contributed by atoms with Gasteiger partial charge in [-0.15, -0.1) is 0 Å². The number of hydrogen-bond donors (Lipinski definition) is 3. The third-order valence-electron chi connectivity index (χ3n) is 5.06. The van der Waals surface area contributed by atoms with Crippen molar-refractivity contribution in [3.63, 3.8) is 0 Å². The Morgan fingerprint density at radius 2 is 1.70 bits per heavy atom. The number of methoxy groups -OCH3 is 1. The summed E-state index contributed by atoms with van der Waals surface area (Å²) in [4.78, 5) is 36.4. The number of carbonyl (C=O) groups is 3. The van der Waals surface area contributed by atoms with E-state index in [9.17, 15) is 18.8 Å². The molecule has 3 aromatic carbocycles. The summed E-state index contributed by atoms with van der Waals surface area (Å²) in [5.74, 6) is -2.28. The molecule has 0 fully saturated rings. The Labute approximate surface area is 217 Å². The van der Waals surface area contributed by atoms with E-state index < -0.39 is 23.5 Å². The molecule has 0 saturated heterocycles. The minimum atomic E-state index is -0.931. The summed E-state index contributed by atoms with van der Waals surface area (Å²) < 4.78 is 24.1. The first-order valence-electron chi connectivity index (χ1n) is 10.9. The van der Waals surface area contributed by atoms with Crippen molar-refractivity contribution in [3.8, 4) is 11.5 Å². The summed E-state index contributed by atoms with van der Waals surface area (Å²) in [5.41, 5.74) is 5.26. The van der Waals surface area contributed by atoms with Crippen molar-refractivity contribution in [2.45, 2.75) is 13.8 Å². The third-order valence-corrected chi connectivity index (χ3v) is 5.35. The van der Waals surface area contributed by atoms with E-state index >= 15 is 0 Å². The number of nitrogens with zero attached hydrogens (tertiary/aromatic N) is 1. The number of rotatable bonds is 8. The number of benzene rings is 3. The average molecular weight is 527 g/mol. The Kier molecular flexibility index (Phi) is 9.17. The van der Waals surface area contributed by atoms with Crippen LogP contribution in [0.4, 0.5) is 15.8 Å². The number of amides is 3. The quantitative estimate of drug-likeness (QED) is 0.231. The first-order chi connectivity index (χ1) is 17.7. The Hall–Kier alpha value is -4.44. The molecule has 37 heavy (non-hydrogen) atoms. The Morgan fingerprint density at radius 1 is 0.973 bits per heavy atom. The van der Waals surface area contributed by atoms with Gasteiger partial charge >= 0.3 is 11.8 Å². The highest BCUT2D eigenvalue weighted by Gasteiger charge is 2.15. The Balaban J connectivity index is 1.55. The van der Waals surface area contributed by atoms with Crippen LogP contribution in [-0.4, -0.2) is 37.7 Å². The van der Waals surface area contributed by atoms with Crippen LogP contribution < -0.4 is 25.5 Å². The molecule has 0 saturated carbocycles. The van der Waals surface area contributed by atoms with E-state index in [0.717, 1.165) is 17.2 Å². The summed E-state index contributed by atoms with van der Waals surface area (Å²) in [6.07, 6.45) is 1.32. The van der Waals surface area contributed by atoms with Crippen molar-refractivity contribution < 1.29 is 28.2 Å². The highest BCUT2D eigenvalue weighted by Crippen LogP contribution is 2.27. The molecule has 3 amide bonds. The van der Waals surface area contributed by atoms with Crippen LogP contribution in [0.2, 0.25) is 5.02 Å². The van der Waals surface area contributed by atoms with Gasteiger partial charge in [0.15, 0.2) is 18.1 Å². The highest BCUT2D eigenvalue weighted by molar-refractivity contribution is 6.39. The van der Waals surface area contributed by atoms with Gasteiger partial charge in [-0.25, -0.2) is 9.82 Å². The fourth-order valence-electron chi connectivity index (χ4n) is 3.20. The van der Waals surface area contributed by atoms with Gasteiger partial charge in [-0.05, 0) is 66.9 Å². The Morgan fingerprint density at radius 3 is 2.38 bits per heavy atom. The van der Waals surface area contributed by atoms with Crippen LogP contribution >= 0.6 is 11.6 Å². The van der Waals surface area contributed by atoms with E-state index in [4.69, 9.17) is 21.1 Å². The van der Waals surface area contributed by atoms with Crippen molar-refractivity contribution in [2.75, 3.05) is 24.4 Å². The molecule has 192 valence electrons. The molecule has 0 aliphatic rings. The van der Waals surface area contributed by atoms with Gasteiger partial charge in [-0.3, -0.25) is 14.4 Å². The standard InChI is InChI=1S/C26H24ClFN4O5/c1-15-5-4-6-16(2)24(15)31-25(34)26(35)32-29-13-17-7-10-21(22(11-17)36-3)37-14-23(33)30-18-8-9-20(28)19(27)12-18/h4-13H,14H2,1-3H3,(H,30,33)(H,31,34)(H,32,35)/b29-13-. The molecule has 0 bridgehead atoms. The van der Waals surface area contributed by atoms with Gasteiger partial charge in [0, 0.05) is 11.4 Å². The first kappa shape index (κ1) is 27.2. The molecule has 0 radical (unpaired) electrons. The molecule has 0 atom stereocenters. The van der Waals surface area contributed by atoms with E-state index in [1.54, 1.807) is 18.2 Å². The van der Waals surface area contributed by atoms with Crippen LogP contribution in [0.15, 0.2) is 59.7 Å². The maximum Gasteiger partial charge on any atom is 0.329 e. The third kappa shape index (κ3) is 7.52. The molecular formula is C26H24ClFN4O5. The molecule has 3 N–H and O–H groups in total. The first-order valence-corrected chi connectivity index (χ1v) is 11.3. The van der Waals surface area contributed by atoms with Crippen molar-refractivity contribution in [1.29, 1.82) is 0 Å². The SMILES string of the molecule is COc1cc(/C=N\NC(=O)C(=O)Nc2c(C)cccc2C)ccc1OCC(=O)Nc1ccc(F)c(Cl)c1. The van der Waals surface area contributed by atoms with Gasteiger partial charge < -0.3 is 20.1 Å². The summed E-state index contributed by atoms with van der Waals surface area (Å²) in [6.45, 7) is 3.31. The maximum atomic E-state index is 13.3. The molecule has 0 spiro atoms. The molecule has 0 heterocycles. The second kappa shape index (κ2) is 12.5. The van der Waals surface area contributed by atoms with Gasteiger partial charge in [0.2, 0.25) is 0 Å². The number of halogens is 2. The topological polar surface area (TPSA) is 118 Å². The van der Waals surface area contributed by atoms with Gasteiger partial charge in [-0.1, -0.05) is 29.8 Å². The second-order valence-corrected chi connectivity index (χ2v) is 8.20. The maximum absolute atomic E-state index is 13.3. The number of anilines is 2. The van der Waals surface area contributed by atoms with Crippen molar-refractivity contribution in [2.24, 2.45) is 5.10 Å². The zero-order valence-corrected chi connectivity index (χ0v) is 21.0. The lowest BCUT2D eigenvalue weighted by Crippen LogP contribution is -2.32. The number of hydrogen-bond acceptors (Lipinski definition) is 6. The summed E-state index contributed by atoms with van der Waals surface area (Å²) in [5, 5.41) is 8.82. The Bertz CT molecular complexity index is 1340. The molecule has 3 aromatic rings. The molecule has 0 aliphatic carbocycles. The van der Waals surface area contributed by atoms with E-state index in [2.05, 4.69) is 21.2 Å². The smallest absolute Gasteiger partial charge is 0.329 e. The van der Waals surface area contributed by atoms with E-state index in [-0.39, 0.29) is 17.4 Å². The van der Waals surface area contributed by atoms with Crippen LogP contribution in [0.5, 0.6) is 11.5 Å². The molecular weight excluding hydrogens is 503 g/mol. The van der Waals surface area contributed by atoms with E-state index in [0.29, 0.717) is 22.7 Å². The number of para-hydroxylation sites is 1. The van der Waals surface area contributed by atoms with Gasteiger partial charge in [0.1, 0.15) is 5.82 Å². The normalized spacial score (nSPS) is 10.6. The van der Waals surface area contributed by atoms with Crippen LogP contribution in [-0.2, 0) is 14.4 Å². The van der Waals surface area contributed by atoms with Crippen molar-refractivity contribution in [3.05, 3.63) is 82.1 Å². The number of aryl methyl sites for hydroxylation is 2. The zero-order chi connectivity index (χ0) is 26.9. The molecule has 11 heteroatoms. The summed E-state index contributed by atoms with van der Waals surface area (Å²) >= 11 is 5.71. The summed E-state index contributed by atoms with van der Waals surface area (Å²) in [6, 6.07) is 14.0. The van der Waals surface area contributed by atoms with Gasteiger partial charge in [-0.2, -0.15) is 5.10 Å². The molecule has 9 nitrogen and oxygen atoms in total. The molecule has 0 unspecified atom stereocenters. The van der Waals surface area contributed by atoms with Crippen molar-refractivity contribution in [1.82, 2.24) is 5.43 Å². The number of hydrazone groups is 1. The largest absolute Gasteiger partial charge is 0.493 e. The second-order valence-electron chi connectivity index (χ2n) is 7.80. The highest BCUT2D eigenvalue weighted by atomic mass is 35.5. The van der Waals surface area contributed by atoms with Crippen LogP contribution in [0, 0.1) is 19.7 Å². The van der Waals surface area contributed by atoms with Gasteiger partial charge in [0.25, 0.3) is 5.91 Å². The fourth-order valence-corrected chi connectivity index (χ4v) is 3.38. The molecule has 0 aromatic heterocycles. The lowest BCUT2D eigenvalue weighted by molar-refractivity contribution is -0.136. The van der Waals surface area contributed by atoms with Crippen molar-refractivity contribution >= 4 is 46.9 Å². The van der Waals surface area contributed by atoms with Crippen LogP contribution in [0.25, 0.3) is 0 Å². The molecule has 0 aliphatic heterocycles. The van der Waals surface area contributed by atoms with Crippen LogP contribution in [0.1, 0.15) is 16.7 Å². The summed E-state index contributed by atoms with van der Waals surface area (Å²) in [7, 11) is 1.42. The monoisotopic (exact) mass is 526 g/mol. The fraction of sp³-hybridized carbons (Fsp3) is 0.154. The van der Waals surface area contributed by atoms with E-state index in [1.165, 1.54) is 25.5 Å². The number of ether oxygens (including phenoxy) is 2. The van der Waals surface area contributed by atoms with E-state index in [1.807, 2.05) is 32.0 Å². The zero-order valence-electron chi connectivity index (χ0n) is 20.2. The molecule has 3 rings (SSSR count). The minimum Gasteiger partial charge on any atom is -0.493 e. The minimum absolute atomic E-state index is 0.115. The number of nitrogens with one attached hydrogen (secondary N) is 3. The lowest BCUT2D eigenvalue weighted by Gasteiger charge is -2.12. The lowest BCUT2D eigenvalue weighted by atomic mass is 10.1. The number of carbonyl (C=O) groups excluding carboxylic acids is 3. The predicted molar refractivity (Wildman–Crippen MR) is 139 cm³/mol. The van der Waals surface area contributed by atoms with Crippen LogP contribution in [0.3, 0.4) is 0 Å².